The molecule has 0 atom stereocenters. The van der Waals surface area contributed by atoms with Crippen molar-refractivity contribution in [2.45, 2.75) is 0 Å². The Morgan fingerprint density at radius 3 is 1.41 bits per heavy atom. The summed E-state index contributed by atoms with van der Waals surface area (Å²) in [5.41, 5.74) is 12.6. The summed E-state index contributed by atoms with van der Waals surface area (Å²) >= 11 is 0. The molecule has 0 bridgehead atoms. The molecule has 0 saturated heterocycles. The SMILES string of the molecule is c1ccc(-c2cccc(-c3nc(-c4ccccc4)nc(-c4ccc(-c5cccc(-c6cc(-c7ccccc7)c7c(ccc8ccccc87)n6)c5)cc4)n3)c2)cc1. The van der Waals surface area contributed by atoms with E-state index in [1.54, 1.807) is 0 Å². The Kier molecular flexibility index (Phi) is 8.47. The minimum Gasteiger partial charge on any atom is -0.248 e. The number of pyridine rings is 1. The molecule has 0 aliphatic carbocycles. The number of rotatable bonds is 7. The predicted molar refractivity (Wildman–Crippen MR) is 231 cm³/mol. The van der Waals surface area contributed by atoms with E-state index in [1.165, 1.54) is 27.3 Å². The van der Waals surface area contributed by atoms with Crippen LogP contribution in [0.4, 0.5) is 0 Å². The number of hydrogen-bond donors (Lipinski definition) is 0. The molecule has 0 unspecified atom stereocenters. The van der Waals surface area contributed by atoms with Crippen LogP contribution in [0.15, 0.2) is 206 Å². The Morgan fingerprint density at radius 1 is 0.268 bits per heavy atom. The van der Waals surface area contributed by atoms with Gasteiger partial charge in [-0.05, 0) is 68.4 Å². The van der Waals surface area contributed by atoms with Gasteiger partial charge in [0.1, 0.15) is 0 Å². The largest absolute Gasteiger partial charge is 0.248 e. The maximum absolute atomic E-state index is 5.24. The molecular weight excluding hydrogens is 681 g/mol. The summed E-state index contributed by atoms with van der Waals surface area (Å²) in [7, 11) is 0. The Labute approximate surface area is 325 Å². The summed E-state index contributed by atoms with van der Waals surface area (Å²) in [4.78, 5) is 20.2. The van der Waals surface area contributed by atoms with Crippen molar-refractivity contribution in [2.75, 3.05) is 0 Å². The monoisotopic (exact) mass is 714 g/mol. The van der Waals surface area contributed by atoms with Crippen molar-refractivity contribution in [2.24, 2.45) is 0 Å². The van der Waals surface area contributed by atoms with Crippen molar-refractivity contribution < 1.29 is 0 Å². The maximum atomic E-state index is 5.24. The van der Waals surface area contributed by atoms with Crippen LogP contribution in [0.5, 0.6) is 0 Å². The fourth-order valence-corrected chi connectivity index (χ4v) is 7.49. The van der Waals surface area contributed by atoms with E-state index >= 15 is 0 Å². The van der Waals surface area contributed by atoms with E-state index in [1.807, 2.05) is 36.4 Å². The average molecular weight is 715 g/mol. The lowest BCUT2D eigenvalue weighted by molar-refractivity contribution is 1.07. The van der Waals surface area contributed by atoms with Crippen LogP contribution in [-0.4, -0.2) is 19.9 Å². The van der Waals surface area contributed by atoms with Gasteiger partial charge in [0.25, 0.3) is 0 Å². The quantitative estimate of drug-likeness (QED) is 0.154. The Bertz CT molecular complexity index is 3000. The number of benzene rings is 8. The van der Waals surface area contributed by atoms with Gasteiger partial charge in [-0.1, -0.05) is 182 Å². The topological polar surface area (TPSA) is 51.6 Å². The van der Waals surface area contributed by atoms with Crippen LogP contribution in [0, 0.1) is 0 Å². The fraction of sp³-hybridized carbons (Fsp3) is 0. The molecule has 0 aliphatic rings. The molecule has 0 N–H and O–H groups in total. The molecule has 2 aromatic heterocycles. The molecule has 0 aliphatic heterocycles. The molecule has 262 valence electrons. The van der Waals surface area contributed by atoms with E-state index in [-0.39, 0.29) is 0 Å². The summed E-state index contributed by atoms with van der Waals surface area (Å²) in [5, 5.41) is 3.59. The standard InChI is InChI=1S/C52H34N4/c1-4-14-35(15-5-1)42-22-13-24-44(33-42)52-55-50(39-19-8-3-9-20-39)54-51(56-52)40-28-26-36(27-29-40)41-21-12-23-43(32-41)48-34-46(37-16-6-2-7-17-37)49-45-25-11-10-18-38(45)30-31-47(49)53-48/h1-34H. The van der Waals surface area contributed by atoms with Gasteiger partial charge in [-0.3, -0.25) is 0 Å². The lowest BCUT2D eigenvalue weighted by atomic mass is 9.94. The highest BCUT2D eigenvalue weighted by Gasteiger charge is 2.15. The summed E-state index contributed by atoms with van der Waals surface area (Å²) < 4.78 is 0. The molecule has 56 heavy (non-hydrogen) atoms. The highest BCUT2D eigenvalue weighted by atomic mass is 15.0. The third-order valence-corrected chi connectivity index (χ3v) is 10.3. The molecule has 0 saturated carbocycles. The highest BCUT2D eigenvalue weighted by molar-refractivity contribution is 6.13. The van der Waals surface area contributed by atoms with E-state index in [0.717, 1.165) is 55.7 Å². The second-order valence-electron chi connectivity index (χ2n) is 13.9. The number of nitrogens with zero attached hydrogens (tertiary/aromatic N) is 4. The van der Waals surface area contributed by atoms with Crippen molar-refractivity contribution in [3.8, 4) is 78.8 Å². The number of hydrogen-bond acceptors (Lipinski definition) is 4. The van der Waals surface area contributed by atoms with E-state index in [9.17, 15) is 0 Å². The normalized spacial score (nSPS) is 11.2. The van der Waals surface area contributed by atoms with Crippen molar-refractivity contribution in [1.82, 2.24) is 19.9 Å². The molecule has 4 heteroatoms. The van der Waals surface area contributed by atoms with Gasteiger partial charge in [0.15, 0.2) is 17.5 Å². The Hall–Kier alpha value is -7.56. The van der Waals surface area contributed by atoms with Crippen LogP contribution >= 0.6 is 0 Å². The Morgan fingerprint density at radius 2 is 0.732 bits per heavy atom. The molecule has 0 spiro atoms. The molecule has 2 heterocycles. The Balaban J connectivity index is 1.03. The fourth-order valence-electron chi connectivity index (χ4n) is 7.49. The molecule has 4 nitrogen and oxygen atoms in total. The molecular formula is C52H34N4. The van der Waals surface area contributed by atoms with Crippen molar-refractivity contribution in [3.05, 3.63) is 206 Å². The molecule has 10 aromatic rings. The van der Waals surface area contributed by atoms with E-state index in [2.05, 4.69) is 170 Å². The first-order chi connectivity index (χ1) is 27.7. The summed E-state index contributed by atoms with van der Waals surface area (Å²) in [6.07, 6.45) is 0. The number of aromatic nitrogens is 4. The van der Waals surface area contributed by atoms with Gasteiger partial charge in [-0.15, -0.1) is 0 Å². The van der Waals surface area contributed by atoms with Crippen LogP contribution in [-0.2, 0) is 0 Å². The zero-order valence-electron chi connectivity index (χ0n) is 30.4. The summed E-state index contributed by atoms with van der Waals surface area (Å²) in [5.74, 6) is 1.90. The average Bonchev–Trinajstić information content (AvgIpc) is 3.29. The minimum absolute atomic E-state index is 0.626. The second kappa shape index (κ2) is 14.3. The third kappa shape index (κ3) is 6.40. The van der Waals surface area contributed by atoms with E-state index in [4.69, 9.17) is 19.9 Å². The number of fused-ring (bicyclic) bond motifs is 3. The van der Waals surface area contributed by atoms with Crippen molar-refractivity contribution in [3.63, 3.8) is 0 Å². The molecule has 0 radical (unpaired) electrons. The van der Waals surface area contributed by atoms with Gasteiger partial charge in [0.2, 0.25) is 0 Å². The van der Waals surface area contributed by atoms with Gasteiger partial charge in [0, 0.05) is 27.6 Å². The van der Waals surface area contributed by atoms with Crippen LogP contribution in [0.25, 0.3) is 100 Å². The van der Waals surface area contributed by atoms with Crippen LogP contribution in [0.3, 0.4) is 0 Å². The van der Waals surface area contributed by atoms with Crippen molar-refractivity contribution in [1.29, 1.82) is 0 Å². The van der Waals surface area contributed by atoms with Gasteiger partial charge in [-0.25, -0.2) is 19.9 Å². The highest BCUT2D eigenvalue weighted by Crippen LogP contribution is 2.37. The van der Waals surface area contributed by atoms with Gasteiger partial charge < -0.3 is 0 Å². The second-order valence-corrected chi connectivity index (χ2v) is 13.9. The maximum Gasteiger partial charge on any atom is 0.164 e. The molecule has 0 amide bonds. The van der Waals surface area contributed by atoms with E-state index in [0.29, 0.717) is 17.5 Å². The first kappa shape index (κ1) is 33.0. The zero-order chi connectivity index (χ0) is 37.3. The van der Waals surface area contributed by atoms with Crippen LogP contribution < -0.4 is 0 Å². The van der Waals surface area contributed by atoms with Gasteiger partial charge >= 0.3 is 0 Å². The molecule has 10 rings (SSSR count). The lowest BCUT2D eigenvalue weighted by Crippen LogP contribution is -2.00. The minimum atomic E-state index is 0.626. The third-order valence-electron chi connectivity index (χ3n) is 10.3. The van der Waals surface area contributed by atoms with Crippen molar-refractivity contribution >= 4 is 21.7 Å². The summed E-state index contributed by atoms with van der Waals surface area (Å²) in [6.45, 7) is 0. The predicted octanol–water partition coefficient (Wildman–Crippen LogP) is 13.2. The van der Waals surface area contributed by atoms with Gasteiger partial charge in [0.05, 0.1) is 11.2 Å². The van der Waals surface area contributed by atoms with Crippen LogP contribution in [0.1, 0.15) is 0 Å². The zero-order valence-corrected chi connectivity index (χ0v) is 30.4. The summed E-state index contributed by atoms with van der Waals surface area (Å²) in [6, 6.07) is 71.7. The van der Waals surface area contributed by atoms with E-state index < -0.39 is 0 Å². The smallest absolute Gasteiger partial charge is 0.164 e. The lowest BCUT2D eigenvalue weighted by Gasteiger charge is -2.14. The van der Waals surface area contributed by atoms with Crippen LogP contribution in [0.2, 0.25) is 0 Å². The first-order valence-electron chi connectivity index (χ1n) is 18.8. The molecule has 8 aromatic carbocycles. The van der Waals surface area contributed by atoms with Gasteiger partial charge in [-0.2, -0.15) is 0 Å². The first-order valence-corrected chi connectivity index (χ1v) is 18.8. The molecule has 0 fully saturated rings.